The quantitative estimate of drug-likeness (QED) is 0.711. The smallest absolute Gasteiger partial charge is 0.130 e. The van der Waals surface area contributed by atoms with Crippen LogP contribution in [-0.4, -0.2) is 0 Å². The van der Waals surface area contributed by atoms with E-state index in [-0.39, 0.29) is 5.92 Å². The molecule has 0 N–H and O–H groups in total. The zero-order chi connectivity index (χ0) is 11.8. The van der Waals surface area contributed by atoms with E-state index >= 15 is 0 Å². The van der Waals surface area contributed by atoms with Crippen LogP contribution in [0.2, 0.25) is 0 Å². The van der Waals surface area contributed by atoms with Crippen molar-refractivity contribution in [2.45, 2.75) is 31.6 Å². The Labute approximate surface area is 93.7 Å². The highest BCUT2D eigenvalue weighted by Gasteiger charge is 2.43. The first-order valence-electron chi connectivity index (χ1n) is 5.47. The number of halogens is 2. The summed E-state index contributed by atoms with van der Waals surface area (Å²) in [5.74, 6) is -1.08. The van der Waals surface area contributed by atoms with Gasteiger partial charge in [0, 0.05) is 11.6 Å². The molecule has 1 fully saturated rings. The van der Waals surface area contributed by atoms with E-state index in [1.807, 2.05) is 6.92 Å². The van der Waals surface area contributed by atoms with Crippen LogP contribution in [0.4, 0.5) is 8.78 Å². The van der Waals surface area contributed by atoms with E-state index < -0.39 is 17.0 Å². The second kappa shape index (κ2) is 3.86. The minimum atomic E-state index is -0.766. The first-order valence-corrected chi connectivity index (χ1v) is 5.47. The first kappa shape index (κ1) is 11.1. The molecule has 0 amide bonds. The predicted molar refractivity (Wildman–Crippen MR) is 56.7 cm³/mol. The first-order chi connectivity index (χ1) is 7.60. The Morgan fingerprint density at radius 2 is 2.19 bits per heavy atom. The number of rotatable bonds is 1. The summed E-state index contributed by atoms with van der Waals surface area (Å²) < 4.78 is 26.6. The third kappa shape index (κ3) is 1.49. The fourth-order valence-corrected chi connectivity index (χ4v) is 2.66. The molecule has 0 saturated heterocycles. The van der Waals surface area contributed by atoms with Gasteiger partial charge in [-0.25, -0.2) is 8.78 Å². The highest BCUT2D eigenvalue weighted by molar-refractivity contribution is 5.36. The van der Waals surface area contributed by atoms with E-state index in [1.54, 1.807) is 0 Å². The Morgan fingerprint density at radius 3 is 2.69 bits per heavy atom. The van der Waals surface area contributed by atoms with Crippen molar-refractivity contribution in [3.8, 4) is 6.07 Å². The molecule has 0 aromatic heterocycles. The molecule has 1 aromatic rings. The zero-order valence-corrected chi connectivity index (χ0v) is 9.13. The minimum Gasteiger partial charge on any atom is -0.207 e. The van der Waals surface area contributed by atoms with Crippen molar-refractivity contribution in [2.24, 2.45) is 5.92 Å². The fraction of sp³-hybridized carbons (Fsp3) is 0.462. The van der Waals surface area contributed by atoms with Crippen LogP contribution in [0.15, 0.2) is 18.2 Å². The molecule has 1 aromatic carbocycles. The molecule has 0 spiro atoms. The van der Waals surface area contributed by atoms with Crippen LogP contribution in [0.25, 0.3) is 0 Å². The maximum absolute atomic E-state index is 13.7. The number of hydrogen-bond acceptors (Lipinski definition) is 1. The van der Waals surface area contributed by atoms with Crippen LogP contribution >= 0.6 is 0 Å². The zero-order valence-electron chi connectivity index (χ0n) is 9.13. The molecule has 1 nitrogen and oxygen atoms in total. The largest absolute Gasteiger partial charge is 0.207 e. The molecule has 2 unspecified atom stereocenters. The van der Waals surface area contributed by atoms with Gasteiger partial charge in [0.2, 0.25) is 0 Å². The molecule has 3 heteroatoms. The van der Waals surface area contributed by atoms with Gasteiger partial charge >= 0.3 is 0 Å². The SMILES string of the molecule is CC1CCCC1(C#N)c1ccc(F)cc1F. The van der Waals surface area contributed by atoms with Crippen LogP contribution in [0.1, 0.15) is 31.7 Å². The van der Waals surface area contributed by atoms with Crippen LogP contribution in [0.3, 0.4) is 0 Å². The molecular formula is C13H13F2N. The van der Waals surface area contributed by atoms with Crippen molar-refractivity contribution in [1.82, 2.24) is 0 Å². The summed E-state index contributed by atoms with van der Waals surface area (Å²) in [6, 6.07) is 5.74. The van der Waals surface area contributed by atoms with Gasteiger partial charge in [-0.1, -0.05) is 19.4 Å². The van der Waals surface area contributed by atoms with Gasteiger partial charge in [0.15, 0.2) is 0 Å². The second-order valence-electron chi connectivity index (χ2n) is 4.50. The predicted octanol–water partition coefficient (Wildman–Crippen LogP) is 3.55. The highest BCUT2D eigenvalue weighted by Crippen LogP contribution is 2.45. The van der Waals surface area contributed by atoms with Gasteiger partial charge in [-0.15, -0.1) is 0 Å². The summed E-state index contributed by atoms with van der Waals surface area (Å²) in [6.45, 7) is 1.96. The van der Waals surface area contributed by atoms with Gasteiger partial charge in [-0.3, -0.25) is 0 Å². The third-order valence-corrected chi connectivity index (χ3v) is 3.66. The molecule has 2 rings (SSSR count). The third-order valence-electron chi connectivity index (χ3n) is 3.66. The maximum Gasteiger partial charge on any atom is 0.130 e. The Bertz CT molecular complexity index is 450. The summed E-state index contributed by atoms with van der Waals surface area (Å²) in [7, 11) is 0. The molecule has 1 aliphatic carbocycles. The standard InChI is InChI=1S/C13H13F2N/c1-9-3-2-6-13(9,8-16)11-5-4-10(14)7-12(11)15/h4-5,7,9H,2-3,6H2,1H3. The van der Waals surface area contributed by atoms with Crippen molar-refractivity contribution in [3.63, 3.8) is 0 Å². The Hall–Kier alpha value is -1.43. The molecule has 84 valence electrons. The second-order valence-corrected chi connectivity index (χ2v) is 4.50. The topological polar surface area (TPSA) is 23.8 Å². The lowest BCUT2D eigenvalue weighted by Gasteiger charge is -2.26. The molecule has 0 bridgehead atoms. The van der Waals surface area contributed by atoms with Gasteiger partial charge < -0.3 is 0 Å². The van der Waals surface area contributed by atoms with Crippen LogP contribution < -0.4 is 0 Å². The summed E-state index contributed by atoms with van der Waals surface area (Å²) in [6.07, 6.45) is 2.50. The summed E-state index contributed by atoms with van der Waals surface area (Å²) in [5, 5.41) is 9.32. The number of nitrogens with zero attached hydrogens (tertiary/aromatic N) is 1. The van der Waals surface area contributed by atoms with Crippen molar-refractivity contribution >= 4 is 0 Å². The lowest BCUT2D eigenvalue weighted by Crippen LogP contribution is -2.28. The van der Waals surface area contributed by atoms with Gasteiger partial charge in [0.25, 0.3) is 0 Å². The number of benzene rings is 1. The molecule has 0 aliphatic heterocycles. The fourth-order valence-electron chi connectivity index (χ4n) is 2.66. The molecule has 1 aliphatic rings. The molecule has 2 atom stereocenters. The van der Waals surface area contributed by atoms with Gasteiger partial charge in [0.05, 0.1) is 11.5 Å². The minimum absolute atomic E-state index is 0.123. The van der Waals surface area contributed by atoms with Crippen LogP contribution in [0, 0.1) is 28.9 Å². The van der Waals surface area contributed by atoms with E-state index in [0.29, 0.717) is 12.0 Å². The lowest BCUT2D eigenvalue weighted by molar-refractivity contribution is 0.409. The molecular weight excluding hydrogens is 208 g/mol. The van der Waals surface area contributed by atoms with Crippen LogP contribution in [0.5, 0.6) is 0 Å². The average molecular weight is 221 g/mol. The van der Waals surface area contributed by atoms with Gasteiger partial charge in [-0.05, 0) is 24.8 Å². The van der Waals surface area contributed by atoms with Gasteiger partial charge in [-0.2, -0.15) is 5.26 Å². The maximum atomic E-state index is 13.7. The van der Waals surface area contributed by atoms with Crippen molar-refractivity contribution in [3.05, 3.63) is 35.4 Å². The molecule has 16 heavy (non-hydrogen) atoms. The van der Waals surface area contributed by atoms with Gasteiger partial charge in [0.1, 0.15) is 11.6 Å². The Balaban J connectivity index is 2.53. The highest BCUT2D eigenvalue weighted by atomic mass is 19.1. The monoisotopic (exact) mass is 221 g/mol. The van der Waals surface area contributed by atoms with Crippen LogP contribution in [-0.2, 0) is 5.41 Å². The molecule has 1 saturated carbocycles. The van der Waals surface area contributed by atoms with E-state index in [1.165, 1.54) is 12.1 Å². The van der Waals surface area contributed by atoms with E-state index in [9.17, 15) is 14.0 Å². The van der Waals surface area contributed by atoms with Crippen molar-refractivity contribution in [1.29, 1.82) is 5.26 Å². The lowest BCUT2D eigenvalue weighted by atomic mass is 9.74. The number of nitriles is 1. The molecule has 0 radical (unpaired) electrons. The summed E-state index contributed by atoms with van der Waals surface area (Å²) in [5.41, 5.74) is -0.418. The average Bonchev–Trinajstić information content (AvgIpc) is 2.61. The summed E-state index contributed by atoms with van der Waals surface area (Å²) >= 11 is 0. The normalized spacial score (nSPS) is 29.0. The van der Waals surface area contributed by atoms with E-state index in [4.69, 9.17) is 0 Å². The Kier molecular flexibility index (Phi) is 2.67. The summed E-state index contributed by atoms with van der Waals surface area (Å²) in [4.78, 5) is 0. The van der Waals surface area contributed by atoms with Crippen molar-refractivity contribution in [2.75, 3.05) is 0 Å². The van der Waals surface area contributed by atoms with Crippen molar-refractivity contribution < 1.29 is 8.78 Å². The van der Waals surface area contributed by atoms with E-state index in [0.717, 1.165) is 18.9 Å². The number of hydrogen-bond donors (Lipinski definition) is 0. The van der Waals surface area contributed by atoms with E-state index in [2.05, 4.69) is 6.07 Å². The molecule has 0 heterocycles. The Morgan fingerprint density at radius 1 is 1.44 bits per heavy atom.